The molecule has 2 atom stereocenters. The van der Waals surface area contributed by atoms with Crippen LogP contribution in [0.2, 0.25) is 9.26 Å². The van der Waals surface area contributed by atoms with Gasteiger partial charge in [0.1, 0.15) is 0 Å². The van der Waals surface area contributed by atoms with Gasteiger partial charge in [-0.25, -0.2) is 0 Å². The monoisotopic (exact) mass is 738 g/mol. The van der Waals surface area contributed by atoms with Crippen LogP contribution in [0.5, 0.6) is 0 Å². The molecule has 0 N–H and O–H groups in total. The molecule has 2 aliphatic carbocycles. The van der Waals surface area contributed by atoms with Crippen molar-refractivity contribution in [2.45, 2.75) is 51.1 Å². The van der Waals surface area contributed by atoms with E-state index in [-0.39, 0.29) is 24.8 Å². The molecule has 0 saturated carbocycles. The van der Waals surface area contributed by atoms with Crippen LogP contribution in [-0.4, -0.2) is 6.88 Å². The van der Waals surface area contributed by atoms with Gasteiger partial charge in [-0.05, 0) is 0 Å². The number of allylic oxidation sites excluding steroid dienone is 2. The Bertz CT molecular complexity index is 2120. The minimum Gasteiger partial charge on any atom is -0.147 e. The summed E-state index contributed by atoms with van der Waals surface area (Å²) in [5, 5.41) is 2.64. The van der Waals surface area contributed by atoms with Gasteiger partial charge >= 0.3 is 268 Å². The van der Waals surface area contributed by atoms with Crippen molar-refractivity contribution in [1.29, 1.82) is 0 Å². The van der Waals surface area contributed by atoms with Crippen molar-refractivity contribution in [2.75, 3.05) is 0 Å². The zero-order valence-electron chi connectivity index (χ0n) is 28.1. The third-order valence-corrected chi connectivity index (χ3v) is 28.3. The summed E-state index contributed by atoms with van der Waals surface area (Å²) in [7, 11) is 0. The SMILES string of the molecule is CC1=Cc2c(-c3cccc(C)c3)ccc(C)c2[CH]1[Zr]([CH3])([CH3])(=[SiH2])[CH]1C(C(C)C)=Cc2c(-c3cccc4ccccc34)cccc21.Cl.Cl. The average Bonchev–Trinajstić information content (AvgIpc) is 3.57. The number of rotatable bonds is 5. The largest absolute Gasteiger partial charge is 0.147 e. The first-order chi connectivity index (χ1) is 20.9. The van der Waals surface area contributed by atoms with Gasteiger partial charge in [0, 0.05) is 0 Å². The molecule has 7 rings (SSSR count). The van der Waals surface area contributed by atoms with E-state index in [2.05, 4.69) is 160 Å². The fraction of sp³-hybridized carbons (Fsp3) is 0.238. The molecule has 0 nitrogen and oxygen atoms in total. The third-order valence-electron chi connectivity index (χ3n) is 10.7. The van der Waals surface area contributed by atoms with Gasteiger partial charge in [-0.3, -0.25) is 0 Å². The second-order valence-electron chi connectivity index (χ2n) is 15.0. The quantitative estimate of drug-likeness (QED) is 0.157. The number of halogens is 2. The maximum Gasteiger partial charge on any atom is -0.147 e. The Labute approximate surface area is 290 Å². The van der Waals surface area contributed by atoms with Gasteiger partial charge < -0.3 is 0 Å². The second kappa shape index (κ2) is 12.5. The van der Waals surface area contributed by atoms with E-state index in [1.54, 1.807) is 22.3 Å². The van der Waals surface area contributed by atoms with Gasteiger partial charge in [-0.15, -0.1) is 24.8 Å². The van der Waals surface area contributed by atoms with Crippen LogP contribution in [0.4, 0.5) is 0 Å². The number of benzene rings is 5. The van der Waals surface area contributed by atoms with Gasteiger partial charge in [0.05, 0.1) is 0 Å². The zero-order chi connectivity index (χ0) is 31.0. The Morgan fingerprint density at radius 1 is 0.652 bits per heavy atom. The molecule has 46 heavy (non-hydrogen) atoms. The molecule has 5 aromatic carbocycles. The van der Waals surface area contributed by atoms with Gasteiger partial charge in [0.2, 0.25) is 0 Å². The van der Waals surface area contributed by atoms with E-state index in [4.69, 9.17) is 0 Å². The molecular formula is C42H46Cl2SiZr. The molecule has 0 heterocycles. The molecule has 0 bridgehead atoms. The summed E-state index contributed by atoms with van der Waals surface area (Å²) in [5.41, 5.74) is 17.5. The van der Waals surface area contributed by atoms with Gasteiger partial charge in [0.25, 0.3) is 0 Å². The fourth-order valence-corrected chi connectivity index (χ4v) is 29.6. The molecule has 0 amide bonds. The normalized spacial score (nSPS) is 17.2. The van der Waals surface area contributed by atoms with Crippen molar-refractivity contribution >= 4 is 54.6 Å². The predicted molar refractivity (Wildman–Crippen MR) is 207 cm³/mol. The van der Waals surface area contributed by atoms with Gasteiger partial charge in [0.15, 0.2) is 0 Å². The number of aryl methyl sites for hydroxylation is 2. The van der Waals surface area contributed by atoms with Crippen LogP contribution in [0.15, 0.2) is 108 Å². The molecular weight excluding hydrogens is 695 g/mol. The smallest absolute Gasteiger partial charge is 0.147 e. The van der Waals surface area contributed by atoms with Crippen LogP contribution >= 0.6 is 24.8 Å². The zero-order valence-corrected chi connectivity index (χ0v) is 33.7. The van der Waals surface area contributed by atoms with Crippen LogP contribution in [-0.2, 0) is 17.4 Å². The number of hydrogen-bond donors (Lipinski definition) is 0. The van der Waals surface area contributed by atoms with E-state index in [1.807, 2.05) is 0 Å². The van der Waals surface area contributed by atoms with Crippen LogP contribution in [0.3, 0.4) is 0 Å². The van der Waals surface area contributed by atoms with E-state index < -0.39 is 17.4 Å². The maximum atomic E-state index is 2.77. The van der Waals surface area contributed by atoms with Crippen molar-refractivity contribution in [3.05, 3.63) is 142 Å². The van der Waals surface area contributed by atoms with Crippen LogP contribution in [0.25, 0.3) is 45.2 Å². The minimum atomic E-state index is -3.71. The molecule has 5 aromatic rings. The first-order valence-electron chi connectivity index (χ1n) is 16.2. The van der Waals surface area contributed by atoms with Crippen LogP contribution < -0.4 is 0 Å². The molecule has 2 aliphatic rings. The Hall–Kier alpha value is -2.48. The summed E-state index contributed by atoms with van der Waals surface area (Å²) in [4.78, 5) is 0. The van der Waals surface area contributed by atoms with Crippen molar-refractivity contribution in [2.24, 2.45) is 5.92 Å². The van der Waals surface area contributed by atoms with E-state index in [9.17, 15) is 0 Å². The summed E-state index contributed by atoms with van der Waals surface area (Å²) in [6.07, 6.45) is 5.17. The van der Waals surface area contributed by atoms with Crippen molar-refractivity contribution in [3.63, 3.8) is 0 Å². The maximum absolute atomic E-state index is 3.71. The summed E-state index contributed by atoms with van der Waals surface area (Å²) >= 11 is -3.71. The number of fused-ring (bicyclic) bond motifs is 3. The molecule has 0 radical (unpaired) electrons. The molecule has 2 unspecified atom stereocenters. The van der Waals surface area contributed by atoms with Crippen molar-refractivity contribution in [3.8, 4) is 22.3 Å². The van der Waals surface area contributed by atoms with Crippen LogP contribution in [0.1, 0.15) is 61.4 Å². The van der Waals surface area contributed by atoms with Crippen molar-refractivity contribution < 1.29 is 17.4 Å². The van der Waals surface area contributed by atoms with Gasteiger partial charge in [-0.2, -0.15) is 0 Å². The number of hydrogen-bond acceptors (Lipinski definition) is 0. The van der Waals surface area contributed by atoms with E-state index in [0.717, 1.165) is 0 Å². The molecule has 236 valence electrons. The Morgan fingerprint density at radius 2 is 1.33 bits per heavy atom. The standard InChI is InChI=1S/C22H19.C18H17.2CH3.2ClH.H2Si.Zr/c1-15(2)18-13-17-9-6-12-21(22(17)14-18)20-11-5-8-16-7-3-4-10-19(16)20;1-12-5-4-6-15(9-12)16-8-7-14(3)17-10-13(2)11-18(16)17;;;;;;/h3-15H,1-2H3;4-11H,1-3H3;2*1H3;2*1H;1H2;. The van der Waals surface area contributed by atoms with E-state index >= 15 is 0 Å². The fourth-order valence-electron chi connectivity index (χ4n) is 8.95. The minimum absolute atomic E-state index is 0. The molecule has 4 heteroatoms. The average molecular weight is 741 g/mol. The Kier molecular flexibility index (Phi) is 9.48. The summed E-state index contributed by atoms with van der Waals surface area (Å²) in [6.45, 7) is 14.3. The predicted octanol–water partition coefficient (Wildman–Crippen LogP) is 12.2. The Balaban J connectivity index is 0.00000208. The first-order valence-corrected chi connectivity index (χ1v) is 29.9. The first kappa shape index (κ1) is 34.8. The van der Waals surface area contributed by atoms with Crippen LogP contribution in [0, 0.1) is 19.8 Å². The molecule has 0 aromatic heterocycles. The molecule has 0 fully saturated rings. The summed E-state index contributed by atoms with van der Waals surface area (Å²) in [6, 6.07) is 36.6. The van der Waals surface area contributed by atoms with E-state index in [1.165, 1.54) is 55.3 Å². The van der Waals surface area contributed by atoms with Crippen molar-refractivity contribution in [1.82, 2.24) is 0 Å². The molecule has 0 spiro atoms. The summed E-state index contributed by atoms with van der Waals surface area (Å²) < 4.78 is 6.56. The second-order valence-corrected chi connectivity index (χ2v) is 45.4. The molecule has 0 saturated heterocycles. The topological polar surface area (TPSA) is 0 Å². The third kappa shape index (κ3) is 5.48. The van der Waals surface area contributed by atoms with Gasteiger partial charge in [-0.1, -0.05) is 0 Å². The Morgan fingerprint density at radius 3 is 2.07 bits per heavy atom. The molecule has 0 aliphatic heterocycles. The van der Waals surface area contributed by atoms with E-state index in [0.29, 0.717) is 13.2 Å². The summed E-state index contributed by atoms with van der Waals surface area (Å²) in [5.74, 6) is 0.496.